The summed E-state index contributed by atoms with van der Waals surface area (Å²) >= 11 is 1.38. The minimum Gasteiger partial charge on any atom is -0.484 e. The normalized spacial score (nSPS) is 10.3. The molecule has 5 nitrogen and oxygen atoms in total. The SMILES string of the molecule is O=C(COc1ccccc1)Nc1nc(-c2ccc[nH]2)cs1. The fraction of sp³-hybridized carbons (Fsp3) is 0.0667. The molecule has 0 saturated carbocycles. The maximum atomic E-state index is 11.8. The average Bonchev–Trinajstić information content (AvgIpc) is 3.17. The molecule has 3 rings (SSSR count). The summed E-state index contributed by atoms with van der Waals surface area (Å²) in [6, 6.07) is 13.1. The zero-order valence-electron chi connectivity index (χ0n) is 11.1. The van der Waals surface area contributed by atoms with E-state index in [2.05, 4.69) is 15.3 Å². The minimum atomic E-state index is -0.230. The molecule has 2 aromatic heterocycles. The molecule has 1 amide bonds. The number of rotatable bonds is 5. The number of carbonyl (C=O) groups is 1. The van der Waals surface area contributed by atoms with Crippen LogP contribution in [0.25, 0.3) is 11.4 Å². The van der Waals surface area contributed by atoms with Crippen molar-refractivity contribution in [2.45, 2.75) is 0 Å². The Morgan fingerprint density at radius 3 is 2.86 bits per heavy atom. The summed E-state index contributed by atoms with van der Waals surface area (Å²) in [5.74, 6) is 0.435. The summed E-state index contributed by atoms with van der Waals surface area (Å²) in [7, 11) is 0. The van der Waals surface area contributed by atoms with Gasteiger partial charge in [0, 0.05) is 11.6 Å². The monoisotopic (exact) mass is 299 g/mol. The van der Waals surface area contributed by atoms with E-state index < -0.39 is 0 Å². The molecule has 6 heteroatoms. The molecule has 3 aromatic rings. The Morgan fingerprint density at radius 2 is 2.10 bits per heavy atom. The fourth-order valence-electron chi connectivity index (χ4n) is 1.77. The standard InChI is InChI=1S/C15H13N3O2S/c19-14(9-20-11-5-2-1-3-6-11)18-15-17-13(10-21-15)12-7-4-8-16-12/h1-8,10,16H,9H2,(H,17,18,19). The number of nitrogens with zero attached hydrogens (tertiary/aromatic N) is 1. The van der Waals surface area contributed by atoms with E-state index in [0.29, 0.717) is 10.9 Å². The molecule has 1 aromatic carbocycles. The predicted octanol–water partition coefficient (Wildman–Crippen LogP) is 3.16. The number of aromatic nitrogens is 2. The summed E-state index contributed by atoms with van der Waals surface area (Å²) in [4.78, 5) is 19.2. The van der Waals surface area contributed by atoms with E-state index in [0.717, 1.165) is 11.4 Å². The maximum Gasteiger partial charge on any atom is 0.264 e. The van der Waals surface area contributed by atoms with Gasteiger partial charge in [-0.3, -0.25) is 10.1 Å². The van der Waals surface area contributed by atoms with Crippen LogP contribution in [0.3, 0.4) is 0 Å². The molecule has 106 valence electrons. The van der Waals surface area contributed by atoms with Crippen molar-refractivity contribution in [3.05, 3.63) is 54.0 Å². The Morgan fingerprint density at radius 1 is 1.24 bits per heavy atom. The first-order valence-corrected chi connectivity index (χ1v) is 7.26. The molecule has 0 atom stereocenters. The number of thiazole rings is 1. The summed E-state index contributed by atoms with van der Waals surface area (Å²) in [6.07, 6.45) is 1.83. The van der Waals surface area contributed by atoms with E-state index in [-0.39, 0.29) is 12.5 Å². The molecule has 2 heterocycles. The summed E-state index contributed by atoms with van der Waals surface area (Å²) in [6.45, 7) is -0.0402. The highest BCUT2D eigenvalue weighted by atomic mass is 32.1. The van der Waals surface area contributed by atoms with Crippen molar-refractivity contribution in [1.29, 1.82) is 0 Å². The highest BCUT2D eigenvalue weighted by Crippen LogP contribution is 2.23. The van der Waals surface area contributed by atoms with Gasteiger partial charge in [-0.1, -0.05) is 18.2 Å². The number of anilines is 1. The molecule has 0 radical (unpaired) electrons. The number of hydrogen-bond donors (Lipinski definition) is 2. The molecule has 0 saturated heterocycles. The molecule has 0 aliphatic heterocycles. The Labute approximate surface area is 125 Å². The van der Waals surface area contributed by atoms with Crippen LogP contribution in [-0.2, 0) is 4.79 Å². The quantitative estimate of drug-likeness (QED) is 0.760. The van der Waals surface area contributed by atoms with E-state index >= 15 is 0 Å². The molecule has 21 heavy (non-hydrogen) atoms. The van der Waals surface area contributed by atoms with Crippen LogP contribution in [-0.4, -0.2) is 22.5 Å². The number of nitrogens with one attached hydrogen (secondary N) is 2. The Balaban J connectivity index is 1.55. The average molecular weight is 299 g/mol. The molecule has 0 fully saturated rings. The number of amides is 1. The van der Waals surface area contributed by atoms with E-state index in [4.69, 9.17) is 4.74 Å². The lowest BCUT2D eigenvalue weighted by Crippen LogP contribution is -2.19. The van der Waals surface area contributed by atoms with Gasteiger partial charge in [0.2, 0.25) is 0 Å². The van der Waals surface area contributed by atoms with Crippen molar-refractivity contribution in [1.82, 2.24) is 9.97 Å². The first kappa shape index (κ1) is 13.4. The molecule has 0 spiro atoms. The predicted molar refractivity (Wildman–Crippen MR) is 82.5 cm³/mol. The number of benzene rings is 1. The number of para-hydroxylation sites is 1. The number of H-pyrrole nitrogens is 1. The zero-order chi connectivity index (χ0) is 14.5. The molecular formula is C15H13N3O2S. The smallest absolute Gasteiger partial charge is 0.264 e. The van der Waals surface area contributed by atoms with Crippen LogP contribution in [0, 0.1) is 0 Å². The third-order valence-corrected chi connectivity index (χ3v) is 3.50. The molecule has 0 unspecified atom stereocenters. The molecule has 0 aliphatic carbocycles. The first-order valence-electron chi connectivity index (χ1n) is 6.38. The van der Waals surface area contributed by atoms with Crippen molar-refractivity contribution >= 4 is 22.4 Å². The minimum absolute atomic E-state index is 0.0402. The second kappa shape index (κ2) is 6.23. The molecule has 2 N–H and O–H groups in total. The van der Waals surface area contributed by atoms with E-state index in [1.54, 1.807) is 12.1 Å². The second-order valence-electron chi connectivity index (χ2n) is 4.27. The van der Waals surface area contributed by atoms with Gasteiger partial charge in [-0.25, -0.2) is 4.98 Å². The molecule has 0 aliphatic rings. The number of ether oxygens (including phenoxy) is 1. The van der Waals surface area contributed by atoms with Crippen LogP contribution in [0.15, 0.2) is 54.0 Å². The van der Waals surface area contributed by atoms with Crippen LogP contribution in [0.2, 0.25) is 0 Å². The third-order valence-electron chi connectivity index (χ3n) is 2.74. The van der Waals surface area contributed by atoms with E-state index in [1.807, 2.05) is 41.9 Å². The van der Waals surface area contributed by atoms with Crippen molar-refractivity contribution < 1.29 is 9.53 Å². The topological polar surface area (TPSA) is 67.0 Å². The van der Waals surface area contributed by atoms with Crippen LogP contribution in [0.5, 0.6) is 5.75 Å². The van der Waals surface area contributed by atoms with Gasteiger partial charge in [-0.2, -0.15) is 0 Å². The Bertz CT molecular complexity index is 708. The highest BCUT2D eigenvalue weighted by molar-refractivity contribution is 7.14. The summed E-state index contributed by atoms with van der Waals surface area (Å²) in [5.41, 5.74) is 1.73. The largest absolute Gasteiger partial charge is 0.484 e. The number of hydrogen-bond acceptors (Lipinski definition) is 4. The van der Waals surface area contributed by atoms with E-state index in [1.165, 1.54) is 11.3 Å². The van der Waals surface area contributed by atoms with Gasteiger partial charge in [0.15, 0.2) is 11.7 Å². The number of carbonyl (C=O) groups excluding carboxylic acids is 1. The van der Waals surface area contributed by atoms with Crippen LogP contribution in [0.4, 0.5) is 5.13 Å². The zero-order valence-corrected chi connectivity index (χ0v) is 11.9. The van der Waals surface area contributed by atoms with Crippen LogP contribution < -0.4 is 10.1 Å². The van der Waals surface area contributed by atoms with E-state index in [9.17, 15) is 4.79 Å². The van der Waals surface area contributed by atoms with Gasteiger partial charge in [-0.15, -0.1) is 11.3 Å². The van der Waals surface area contributed by atoms with Gasteiger partial charge >= 0.3 is 0 Å². The van der Waals surface area contributed by atoms with Crippen molar-refractivity contribution in [2.75, 3.05) is 11.9 Å². The third kappa shape index (κ3) is 3.49. The summed E-state index contributed by atoms with van der Waals surface area (Å²) in [5, 5.41) is 5.17. The molecule has 0 bridgehead atoms. The Kier molecular flexibility index (Phi) is 3.97. The second-order valence-corrected chi connectivity index (χ2v) is 5.13. The van der Waals surface area contributed by atoms with Gasteiger partial charge in [-0.05, 0) is 24.3 Å². The van der Waals surface area contributed by atoms with Gasteiger partial charge in [0.1, 0.15) is 5.75 Å². The van der Waals surface area contributed by atoms with Gasteiger partial charge in [0.25, 0.3) is 5.91 Å². The highest BCUT2D eigenvalue weighted by Gasteiger charge is 2.09. The van der Waals surface area contributed by atoms with Gasteiger partial charge in [0.05, 0.1) is 11.4 Å². The number of aromatic amines is 1. The van der Waals surface area contributed by atoms with Crippen molar-refractivity contribution in [2.24, 2.45) is 0 Å². The molecular weight excluding hydrogens is 286 g/mol. The summed E-state index contributed by atoms with van der Waals surface area (Å²) < 4.78 is 5.38. The maximum absolute atomic E-state index is 11.8. The lowest BCUT2D eigenvalue weighted by molar-refractivity contribution is -0.118. The van der Waals surface area contributed by atoms with Crippen molar-refractivity contribution in [3.63, 3.8) is 0 Å². The van der Waals surface area contributed by atoms with Crippen LogP contribution in [0.1, 0.15) is 0 Å². The van der Waals surface area contributed by atoms with Gasteiger partial charge < -0.3 is 9.72 Å². The fourth-order valence-corrected chi connectivity index (χ4v) is 2.49. The van der Waals surface area contributed by atoms with Crippen LogP contribution >= 0.6 is 11.3 Å². The lowest BCUT2D eigenvalue weighted by atomic mass is 10.3. The van der Waals surface area contributed by atoms with Crippen molar-refractivity contribution in [3.8, 4) is 17.1 Å². The lowest BCUT2D eigenvalue weighted by Gasteiger charge is -2.05. The Hall–Kier alpha value is -2.60. The first-order chi connectivity index (χ1) is 10.3.